The van der Waals surface area contributed by atoms with Gasteiger partial charge in [0.25, 0.3) is 0 Å². The highest BCUT2D eigenvalue weighted by Crippen LogP contribution is 2.26. The summed E-state index contributed by atoms with van der Waals surface area (Å²) in [5.74, 6) is 0.411. The molecule has 0 saturated carbocycles. The SMILES string of the molecule is CCc1cc(Oc2ccc(Br)cc2F)ccn1. The third-order valence-electron chi connectivity index (χ3n) is 2.27. The molecular weight excluding hydrogens is 285 g/mol. The predicted octanol–water partition coefficient (Wildman–Crippen LogP) is 4.34. The summed E-state index contributed by atoms with van der Waals surface area (Å²) in [5.41, 5.74) is 0.917. The lowest BCUT2D eigenvalue weighted by molar-refractivity contribution is 0.441. The number of halogens is 2. The van der Waals surface area contributed by atoms with E-state index in [2.05, 4.69) is 20.9 Å². The van der Waals surface area contributed by atoms with Crippen molar-refractivity contribution in [3.8, 4) is 11.5 Å². The van der Waals surface area contributed by atoms with Crippen molar-refractivity contribution in [3.05, 3.63) is 52.5 Å². The van der Waals surface area contributed by atoms with Crippen molar-refractivity contribution in [2.24, 2.45) is 0 Å². The molecule has 0 radical (unpaired) electrons. The van der Waals surface area contributed by atoms with E-state index in [0.717, 1.165) is 12.1 Å². The van der Waals surface area contributed by atoms with E-state index >= 15 is 0 Å². The average molecular weight is 296 g/mol. The van der Waals surface area contributed by atoms with Gasteiger partial charge in [0.05, 0.1) is 0 Å². The zero-order chi connectivity index (χ0) is 12.3. The van der Waals surface area contributed by atoms with Crippen LogP contribution in [0.2, 0.25) is 0 Å². The second-order valence-electron chi connectivity index (χ2n) is 3.51. The fraction of sp³-hybridized carbons (Fsp3) is 0.154. The maximum atomic E-state index is 13.5. The molecule has 0 amide bonds. The fourth-order valence-electron chi connectivity index (χ4n) is 1.40. The van der Waals surface area contributed by atoms with Crippen LogP contribution in [-0.4, -0.2) is 4.98 Å². The Morgan fingerprint density at radius 1 is 1.29 bits per heavy atom. The summed E-state index contributed by atoms with van der Waals surface area (Å²) >= 11 is 3.20. The van der Waals surface area contributed by atoms with Crippen LogP contribution in [0.5, 0.6) is 11.5 Å². The van der Waals surface area contributed by atoms with Gasteiger partial charge in [-0.05, 0) is 30.7 Å². The van der Waals surface area contributed by atoms with Gasteiger partial charge in [-0.1, -0.05) is 22.9 Å². The first-order valence-corrected chi connectivity index (χ1v) is 6.06. The van der Waals surface area contributed by atoms with Crippen molar-refractivity contribution in [2.75, 3.05) is 0 Å². The molecule has 4 heteroatoms. The molecule has 0 atom stereocenters. The van der Waals surface area contributed by atoms with Gasteiger partial charge in [0.1, 0.15) is 5.75 Å². The molecule has 0 aliphatic carbocycles. The first-order chi connectivity index (χ1) is 8.19. The molecule has 0 unspecified atom stereocenters. The lowest BCUT2D eigenvalue weighted by Crippen LogP contribution is -1.91. The van der Waals surface area contributed by atoms with Crippen LogP contribution >= 0.6 is 15.9 Å². The Kier molecular flexibility index (Phi) is 3.74. The Morgan fingerprint density at radius 3 is 2.82 bits per heavy atom. The number of aromatic nitrogens is 1. The second-order valence-corrected chi connectivity index (χ2v) is 4.43. The molecule has 88 valence electrons. The van der Waals surface area contributed by atoms with Gasteiger partial charge in [-0.3, -0.25) is 4.98 Å². The Labute approximate surface area is 108 Å². The van der Waals surface area contributed by atoms with Crippen LogP contribution < -0.4 is 4.74 Å². The van der Waals surface area contributed by atoms with Gasteiger partial charge in [-0.2, -0.15) is 0 Å². The quantitative estimate of drug-likeness (QED) is 0.840. The third kappa shape index (κ3) is 3.03. The zero-order valence-electron chi connectivity index (χ0n) is 9.28. The normalized spacial score (nSPS) is 10.3. The van der Waals surface area contributed by atoms with Crippen LogP contribution in [0.15, 0.2) is 41.0 Å². The van der Waals surface area contributed by atoms with E-state index in [9.17, 15) is 4.39 Å². The average Bonchev–Trinajstić information content (AvgIpc) is 2.33. The van der Waals surface area contributed by atoms with Crippen LogP contribution in [-0.2, 0) is 6.42 Å². The Hall–Kier alpha value is -1.42. The zero-order valence-corrected chi connectivity index (χ0v) is 10.9. The monoisotopic (exact) mass is 295 g/mol. The summed E-state index contributed by atoms with van der Waals surface area (Å²) in [5, 5.41) is 0. The number of hydrogen-bond donors (Lipinski definition) is 0. The summed E-state index contributed by atoms with van der Waals surface area (Å²) < 4.78 is 19.7. The molecule has 0 N–H and O–H groups in total. The Bertz CT molecular complexity index is 531. The summed E-state index contributed by atoms with van der Waals surface area (Å²) in [6.45, 7) is 2.01. The number of hydrogen-bond acceptors (Lipinski definition) is 2. The minimum Gasteiger partial charge on any atom is -0.454 e. The molecule has 17 heavy (non-hydrogen) atoms. The lowest BCUT2D eigenvalue weighted by atomic mass is 10.3. The highest BCUT2D eigenvalue weighted by atomic mass is 79.9. The first kappa shape index (κ1) is 12.0. The molecule has 0 fully saturated rings. The van der Waals surface area contributed by atoms with Gasteiger partial charge in [-0.25, -0.2) is 4.39 Å². The van der Waals surface area contributed by atoms with Gasteiger partial charge < -0.3 is 4.74 Å². The van der Waals surface area contributed by atoms with Gasteiger partial charge in [0, 0.05) is 22.4 Å². The van der Waals surface area contributed by atoms with Gasteiger partial charge in [-0.15, -0.1) is 0 Å². The standard InChI is InChI=1S/C13H11BrFNO/c1-2-10-8-11(5-6-16-10)17-13-4-3-9(14)7-12(13)15/h3-8H,2H2,1H3. The third-order valence-corrected chi connectivity index (χ3v) is 2.77. The van der Waals surface area contributed by atoms with Crippen molar-refractivity contribution in [3.63, 3.8) is 0 Å². The van der Waals surface area contributed by atoms with E-state index < -0.39 is 5.82 Å². The van der Waals surface area contributed by atoms with E-state index in [1.807, 2.05) is 13.0 Å². The molecule has 0 aliphatic rings. The van der Waals surface area contributed by atoms with Gasteiger partial charge in [0.15, 0.2) is 11.6 Å². The second kappa shape index (κ2) is 5.27. The number of aryl methyl sites for hydroxylation is 1. The molecular formula is C13H11BrFNO. The minimum atomic E-state index is -0.394. The van der Waals surface area contributed by atoms with Crippen LogP contribution in [0.25, 0.3) is 0 Å². The molecule has 1 aromatic heterocycles. The Balaban J connectivity index is 2.25. The number of nitrogens with zero attached hydrogens (tertiary/aromatic N) is 1. The van der Waals surface area contributed by atoms with Crippen molar-refractivity contribution in [1.29, 1.82) is 0 Å². The topological polar surface area (TPSA) is 22.1 Å². The first-order valence-electron chi connectivity index (χ1n) is 5.27. The van der Waals surface area contributed by atoms with Crippen molar-refractivity contribution >= 4 is 15.9 Å². The molecule has 2 nitrogen and oxygen atoms in total. The molecule has 0 spiro atoms. The Morgan fingerprint density at radius 2 is 2.12 bits per heavy atom. The molecule has 2 rings (SSSR count). The maximum Gasteiger partial charge on any atom is 0.166 e. The maximum absolute atomic E-state index is 13.5. The molecule has 1 aromatic carbocycles. The smallest absolute Gasteiger partial charge is 0.166 e. The van der Waals surface area contributed by atoms with E-state index in [-0.39, 0.29) is 5.75 Å². The summed E-state index contributed by atoms with van der Waals surface area (Å²) in [6, 6.07) is 8.21. The van der Waals surface area contributed by atoms with Crippen molar-refractivity contribution < 1.29 is 9.13 Å². The lowest BCUT2D eigenvalue weighted by Gasteiger charge is -2.07. The van der Waals surface area contributed by atoms with E-state index in [1.165, 1.54) is 6.07 Å². The van der Waals surface area contributed by atoms with Crippen LogP contribution in [0.1, 0.15) is 12.6 Å². The molecule has 2 aromatic rings. The van der Waals surface area contributed by atoms with Gasteiger partial charge in [0.2, 0.25) is 0 Å². The molecule has 1 heterocycles. The van der Waals surface area contributed by atoms with Crippen LogP contribution in [0, 0.1) is 5.82 Å². The van der Waals surface area contributed by atoms with Crippen molar-refractivity contribution in [2.45, 2.75) is 13.3 Å². The number of ether oxygens (including phenoxy) is 1. The van der Waals surface area contributed by atoms with Crippen LogP contribution in [0.4, 0.5) is 4.39 Å². The summed E-state index contributed by atoms with van der Waals surface area (Å²) in [7, 11) is 0. The summed E-state index contributed by atoms with van der Waals surface area (Å²) in [4.78, 5) is 4.15. The molecule has 0 bridgehead atoms. The number of pyridine rings is 1. The molecule has 0 aliphatic heterocycles. The summed E-state index contributed by atoms with van der Waals surface area (Å²) in [6.07, 6.45) is 2.48. The number of rotatable bonds is 3. The van der Waals surface area contributed by atoms with E-state index in [0.29, 0.717) is 10.2 Å². The van der Waals surface area contributed by atoms with Crippen molar-refractivity contribution in [1.82, 2.24) is 4.98 Å². The highest BCUT2D eigenvalue weighted by molar-refractivity contribution is 9.10. The largest absolute Gasteiger partial charge is 0.454 e. The highest BCUT2D eigenvalue weighted by Gasteiger charge is 2.05. The number of benzene rings is 1. The van der Waals surface area contributed by atoms with E-state index in [4.69, 9.17) is 4.74 Å². The van der Waals surface area contributed by atoms with Crippen LogP contribution in [0.3, 0.4) is 0 Å². The molecule has 0 saturated heterocycles. The fourth-order valence-corrected chi connectivity index (χ4v) is 1.73. The minimum absolute atomic E-state index is 0.210. The van der Waals surface area contributed by atoms with Gasteiger partial charge >= 0.3 is 0 Å². The predicted molar refractivity (Wildman–Crippen MR) is 67.8 cm³/mol. The van der Waals surface area contributed by atoms with E-state index in [1.54, 1.807) is 24.4 Å².